The van der Waals surface area contributed by atoms with Gasteiger partial charge in [0, 0.05) is 16.6 Å². The molecule has 9 heteroatoms. The molecule has 6 nitrogen and oxygen atoms in total. The molecule has 1 N–H and O–H groups in total. The summed E-state index contributed by atoms with van der Waals surface area (Å²) in [4.78, 5) is 25.4. The Kier molecular flexibility index (Phi) is 6.20. The molecule has 1 aromatic heterocycles. The van der Waals surface area contributed by atoms with Crippen LogP contribution in [-0.4, -0.2) is 35.0 Å². The highest BCUT2D eigenvalue weighted by Crippen LogP contribution is 2.38. The third kappa shape index (κ3) is 4.42. The summed E-state index contributed by atoms with van der Waals surface area (Å²) in [6.45, 7) is 5.21. The molecule has 1 unspecified atom stereocenters. The number of methoxy groups -OCH3 is 1. The van der Waals surface area contributed by atoms with Crippen LogP contribution in [0.1, 0.15) is 41.4 Å². The third-order valence-electron chi connectivity index (χ3n) is 5.24. The standard InChI is InChI=1S/C23H22F3NO5/c1-12(2)19(22(29)30)20-13(3)27(18-10-9-16(31-4)11-17(18)20)21(28)14-5-7-15(8-6-14)32-23(24,25)26/h5-12,19H,1-4H3,(H,29,30). The highest BCUT2D eigenvalue weighted by atomic mass is 19.4. The number of benzene rings is 2. The Morgan fingerprint density at radius 2 is 1.62 bits per heavy atom. The van der Waals surface area contributed by atoms with Crippen LogP contribution in [0.15, 0.2) is 42.5 Å². The lowest BCUT2D eigenvalue weighted by Crippen LogP contribution is -2.20. The number of carboxylic acid groups (broad SMARTS) is 1. The number of aliphatic carboxylic acids is 1. The second-order valence-electron chi connectivity index (χ2n) is 7.65. The molecule has 3 rings (SSSR count). The lowest BCUT2D eigenvalue weighted by molar-refractivity contribution is -0.274. The van der Waals surface area contributed by atoms with Crippen molar-refractivity contribution in [2.24, 2.45) is 5.92 Å². The van der Waals surface area contributed by atoms with Crippen LogP contribution in [0.2, 0.25) is 0 Å². The number of alkyl halides is 3. The number of aromatic nitrogens is 1. The van der Waals surface area contributed by atoms with Crippen molar-refractivity contribution in [2.45, 2.75) is 33.1 Å². The maximum Gasteiger partial charge on any atom is 0.573 e. The highest BCUT2D eigenvalue weighted by Gasteiger charge is 2.33. The Hall–Kier alpha value is -3.49. The Balaban J connectivity index is 2.17. The number of rotatable bonds is 6. The van der Waals surface area contributed by atoms with Crippen LogP contribution >= 0.6 is 0 Å². The predicted molar refractivity (Wildman–Crippen MR) is 111 cm³/mol. The first-order chi connectivity index (χ1) is 14.9. The van der Waals surface area contributed by atoms with Gasteiger partial charge < -0.3 is 14.6 Å². The van der Waals surface area contributed by atoms with Crippen molar-refractivity contribution in [2.75, 3.05) is 7.11 Å². The van der Waals surface area contributed by atoms with E-state index >= 15 is 0 Å². The molecule has 1 atom stereocenters. The molecule has 0 spiro atoms. The second-order valence-corrected chi connectivity index (χ2v) is 7.65. The summed E-state index contributed by atoms with van der Waals surface area (Å²) < 4.78 is 47.7. The molecular formula is C23H22F3NO5. The fourth-order valence-corrected chi connectivity index (χ4v) is 3.87. The van der Waals surface area contributed by atoms with Crippen LogP contribution < -0.4 is 9.47 Å². The molecule has 170 valence electrons. The van der Waals surface area contributed by atoms with Gasteiger partial charge in [-0.3, -0.25) is 14.2 Å². The SMILES string of the molecule is COc1ccc2c(c1)c(C(C(=O)O)C(C)C)c(C)n2C(=O)c1ccc(OC(F)(F)F)cc1. The van der Waals surface area contributed by atoms with E-state index in [2.05, 4.69) is 4.74 Å². The van der Waals surface area contributed by atoms with E-state index in [9.17, 15) is 27.9 Å². The van der Waals surface area contributed by atoms with Crippen molar-refractivity contribution in [3.8, 4) is 11.5 Å². The van der Waals surface area contributed by atoms with E-state index in [1.165, 1.54) is 23.8 Å². The fourth-order valence-electron chi connectivity index (χ4n) is 3.87. The number of hydrogen-bond acceptors (Lipinski definition) is 4. The maximum absolute atomic E-state index is 13.3. The van der Waals surface area contributed by atoms with Crippen LogP contribution in [0, 0.1) is 12.8 Å². The van der Waals surface area contributed by atoms with Gasteiger partial charge in [-0.25, -0.2) is 0 Å². The number of fused-ring (bicyclic) bond motifs is 1. The molecule has 0 aliphatic rings. The zero-order chi connectivity index (χ0) is 23.8. The van der Waals surface area contributed by atoms with Crippen LogP contribution in [0.3, 0.4) is 0 Å². The summed E-state index contributed by atoms with van der Waals surface area (Å²) >= 11 is 0. The molecule has 0 aliphatic heterocycles. The van der Waals surface area contributed by atoms with Gasteiger partial charge in [-0.1, -0.05) is 13.8 Å². The van der Waals surface area contributed by atoms with Gasteiger partial charge in [0.15, 0.2) is 0 Å². The van der Waals surface area contributed by atoms with E-state index in [0.717, 1.165) is 12.1 Å². The van der Waals surface area contributed by atoms with Gasteiger partial charge in [-0.15, -0.1) is 13.2 Å². The molecule has 1 heterocycles. The van der Waals surface area contributed by atoms with Crippen LogP contribution in [-0.2, 0) is 4.79 Å². The maximum atomic E-state index is 13.3. The minimum atomic E-state index is -4.84. The van der Waals surface area contributed by atoms with E-state index in [1.54, 1.807) is 39.0 Å². The number of carboxylic acids is 1. The number of carbonyl (C=O) groups excluding carboxylic acids is 1. The van der Waals surface area contributed by atoms with E-state index < -0.39 is 29.9 Å². The van der Waals surface area contributed by atoms with Crippen molar-refractivity contribution < 1.29 is 37.3 Å². The van der Waals surface area contributed by atoms with Crippen molar-refractivity contribution >= 4 is 22.8 Å². The van der Waals surface area contributed by atoms with Gasteiger partial charge in [-0.2, -0.15) is 0 Å². The quantitative estimate of drug-likeness (QED) is 0.548. The van der Waals surface area contributed by atoms with Crippen molar-refractivity contribution in [3.05, 3.63) is 59.3 Å². The predicted octanol–water partition coefficient (Wildman–Crippen LogP) is 5.37. The minimum absolute atomic E-state index is 0.123. The number of carbonyl (C=O) groups is 2. The fraction of sp³-hybridized carbons (Fsp3) is 0.304. The molecule has 0 amide bonds. The largest absolute Gasteiger partial charge is 0.573 e. The normalized spacial score (nSPS) is 12.8. The van der Waals surface area contributed by atoms with Crippen LogP contribution in [0.4, 0.5) is 13.2 Å². The minimum Gasteiger partial charge on any atom is -0.497 e. The Morgan fingerprint density at radius 1 is 1.03 bits per heavy atom. The zero-order valence-electron chi connectivity index (χ0n) is 17.9. The van der Waals surface area contributed by atoms with Crippen molar-refractivity contribution in [1.29, 1.82) is 0 Å². The number of nitrogens with zero attached hydrogens (tertiary/aromatic N) is 1. The zero-order valence-corrected chi connectivity index (χ0v) is 17.9. The van der Waals surface area contributed by atoms with Gasteiger partial charge in [-0.05, 0) is 60.9 Å². The average molecular weight is 449 g/mol. The van der Waals surface area contributed by atoms with E-state index in [1.807, 2.05) is 0 Å². The van der Waals surface area contributed by atoms with E-state index in [-0.39, 0.29) is 11.5 Å². The molecule has 32 heavy (non-hydrogen) atoms. The van der Waals surface area contributed by atoms with Gasteiger partial charge in [0.05, 0.1) is 18.5 Å². The first kappa shape index (κ1) is 23.2. The molecule has 2 aromatic carbocycles. The molecule has 0 saturated heterocycles. The molecular weight excluding hydrogens is 427 g/mol. The van der Waals surface area contributed by atoms with E-state index in [0.29, 0.717) is 27.9 Å². The van der Waals surface area contributed by atoms with Gasteiger partial charge in [0.25, 0.3) is 5.91 Å². The number of ether oxygens (including phenoxy) is 2. The first-order valence-electron chi connectivity index (χ1n) is 9.77. The molecule has 0 radical (unpaired) electrons. The highest BCUT2D eigenvalue weighted by molar-refractivity contribution is 6.05. The second kappa shape index (κ2) is 8.57. The topological polar surface area (TPSA) is 77.8 Å². The smallest absolute Gasteiger partial charge is 0.497 e. The average Bonchev–Trinajstić information content (AvgIpc) is 2.97. The van der Waals surface area contributed by atoms with Crippen molar-refractivity contribution in [1.82, 2.24) is 4.57 Å². The Labute approximate surface area is 182 Å². The van der Waals surface area contributed by atoms with E-state index in [4.69, 9.17) is 4.74 Å². The Bertz CT molecular complexity index is 1160. The molecule has 0 aliphatic carbocycles. The summed E-state index contributed by atoms with van der Waals surface area (Å²) in [6.07, 6.45) is -4.84. The molecule has 0 bridgehead atoms. The summed E-state index contributed by atoms with van der Waals surface area (Å²) in [7, 11) is 1.48. The number of halogens is 3. The van der Waals surface area contributed by atoms with Gasteiger partial charge in [0.1, 0.15) is 11.5 Å². The lowest BCUT2D eigenvalue weighted by atomic mass is 9.86. The number of hydrogen-bond donors (Lipinski definition) is 1. The van der Waals surface area contributed by atoms with Crippen LogP contribution in [0.5, 0.6) is 11.5 Å². The lowest BCUT2D eigenvalue weighted by Gasteiger charge is -2.17. The summed E-state index contributed by atoms with van der Waals surface area (Å²) in [5, 5.41) is 10.4. The van der Waals surface area contributed by atoms with Crippen molar-refractivity contribution in [3.63, 3.8) is 0 Å². The molecule has 0 fully saturated rings. The third-order valence-corrected chi connectivity index (χ3v) is 5.24. The summed E-state index contributed by atoms with van der Waals surface area (Å²) in [6, 6.07) is 9.56. The Morgan fingerprint density at radius 3 is 2.12 bits per heavy atom. The first-order valence-corrected chi connectivity index (χ1v) is 9.77. The molecule has 3 aromatic rings. The summed E-state index contributed by atoms with van der Waals surface area (Å²) in [5.74, 6) is -2.60. The molecule has 0 saturated carbocycles. The van der Waals surface area contributed by atoms with Gasteiger partial charge in [0.2, 0.25) is 0 Å². The monoisotopic (exact) mass is 449 g/mol. The van der Waals surface area contributed by atoms with Gasteiger partial charge >= 0.3 is 12.3 Å². The van der Waals surface area contributed by atoms with Crippen LogP contribution in [0.25, 0.3) is 10.9 Å². The summed E-state index contributed by atoms with van der Waals surface area (Å²) in [5.41, 5.74) is 1.53.